The van der Waals surface area contributed by atoms with Gasteiger partial charge in [-0.2, -0.15) is 0 Å². The maximum absolute atomic E-state index is 12.7. The monoisotopic (exact) mass is 538 g/mol. The van der Waals surface area contributed by atoms with Crippen molar-refractivity contribution in [2.24, 2.45) is 0 Å². The van der Waals surface area contributed by atoms with E-state index < -0.39 is 30.6 Å². The van der Waals surface area contributed by atoms with Gasteiger partial charge >= 0.3 is 12.1 Å². The number of amides is 2. The first-order valence-electron chi connectivity index (χ1n) is 10.9. The molecule has 4 rings (SSSR count). The average Bonchev–Trinajstić information content (AvgIpc) is 3.16. The lowest BCUT2D eigenvalue weighted by Crippen LogP contribution is -2.41. The molecular formula is C26H23BrN2O6. The number of hydrogen-bond donors (Lipinski definition) is 4. The Morgan fingerprint density at radius 1 is 0.971 bits per heavy atom. The Morgan fingerprint density at radius 3 is 2.20 bits per heavy atom. The van der Waals surface area contributed by atoms with E-state index in [4.69, 9.17) is 9.84 Å². The van der Waals surface area contributed by atoms with Crippen LogP contribution in [0, 0.1) is 0 Å². The highest BCUT2D eigenvalue weighted by Gasteiger charge is 2.29. The molecule has 2 amide bonds. The Hall–Kier alpha value is -3.69. The summed E-state index contributed by atoms with van der Waals surface area (Å²) in [4.78, 5) is 36.8. The average molecular weight is 539 g/mol. The van der Waals surface area contributed by atoms with Gasteiger partial charge in [0.05, 0.1) is 11.3 Å². The standard InChI is InChI=1S/C26H23BrN2O6/c27-15-9-10-20(24(31)28-22(11-12-30)25(32)33)23(13-15)29-26(34)35-14-21-18-7-3-1-5-16(18)17-6-2-4-8-19(17)21/h1-10,13,21-22,30H,11-12,14H2,(H,28,31)(H,29,34)(H,32,33)/t22-/m1/s1. The van der Waals surface area contributed by atoms with Gasteiger partial charge in [-0.15, -0.1) is 0 Å². The first kappa shape index (κ1) is 24.4. The van der Waals surface area contributed by atoms with Crippen LogP contribution in [-0.2, 0) is 9.53 Å². The number of hydrogen-bond acceptors (Lipinski definition) is 5. The van der Waals surface area contributed by atoms with E-state index in [-0.39, 0.29) is 30.2 Å². The SMILES string of the molecule is O=C(Nc1cc(Br)ccc1C(=O)N[C@H](CCO)C(=O)O)OCC1c2ccccc2-c2ccccc21. The van der Waals surface area contributed by atoms with Crippen LogP contribution in [0.25, 0.3) is 11.1 Å². The molecule has 3 aromatic rings. The summed E-state index contributed by atoms with van der Waals surface area (Å²) in [5, 5.41) is 23.3. The number of fused-ring (bicyclic) bond motifs is 3. The second-order valence-corrected chi connectivity index (χ2v) is 8.93. The van der Waals surface area contributed by atoms with E-state index in [2.05, 4.69) is 26.6 Å². The van der Waals surface area contributed by atoms with Crippen LogP contribution in [0.15, 0.2) is 71.2 Å². The van der Waals surface area contributed by atoms with E-state index in [1.54, 1.807) is 6.07 Å². The summed E-state index contributed by atoms with van der Waals surface area (Å²) in [7, 11) is 0. The van der Waals surface area contributed by atoms with Crippen molar-refractivity contribution in [3.63, 3.8) is 0 Å². The molecule has 180 valence electrons. The molecule has 1 aliphatic rings. The van der Waals surface area contributed by atoms with Gasteiger partial charge in [-0.3, -0.25) is 10.1 Å². The molecule has 1 atom stereocenters. The normalized spacial score (nSPS) is 12.9. The molecule has 0 saturated heterocycles. The third-order valence-corrected chi connectivity index (χ3v) is 6.32. The summed E-state index contributed by atoms with van der Waals surface area (Å²) in [6.45, 7) is -0.296. The van der Waals surface area contributed by atoms with Crippen LogP contribution >= 0.6 is 15.9 Å². The molecule has 8 nitrogen and oxygen atoms in total. The molecule has 1 aliphatic carbocycles. The highest BCUT2D eigenvalue weighted by atomic mass is 79.9. The predicted octanol–water partition coefficient (Wildman–Crippen LogP) is 4.38. The molecule has 0 saturated carbocycles. The Labute approximate surface area is 210 Å². The van der Waals surface area contributed by atoms with Gasteiger partial charge in [0.2, 0.25) is 0 Å². The van der Waals surface area contributed by atoms with E-state index in [9.17, 15) is 19.5 Å². The van der Waals surface area contributed by atoms with Crippen LogP contribution in [0.3, 0.4) is 0 Å². The Bertz CT molecular complexity index is 1230. The lowest BCUT2D eigenvalue weighted by Gasteiger charge is -2.17. The van der Waals surface area contributed by atoms with Gasteiger partial charge in [0.25, 0.3) is 5.91 Å². The number of nitrogens with one attached hydrogen (secondary N) is 2. The first-order chi connectivity index (χ1) is 16.9. The van der Waals surface area contributed by atoms with Gasteiger partial charge in [-0.05, 0) is 40.5 Å². The fraction of sp³-hybridized carbons (Fsp3) is 0.192. The van der Waals surface area contributed by atoms with Crippen molar-refractivity contribution in [2.75, 3.05) is 18.5 Å². The van der Waals surface area contributed by atoms with E-state index in [0.717, 1.165) is 22.3 Å². The largest absolute Gasteiger partial charge is 0.480 e. The molecule has 0 aliphatic heterocycles. The number of halogens is 1. The minimum absolute atomic E-state index is 0.0610. The zero-order valence-electron chi connectivity index (χ0n) is 18.5. The summed E-state index contributed by atoms with van der Waals surface area (Å²) in [6, 6.07) is 19.3. The zero-order chi connectivity index (χ0) is 24.9. The molecule has 4 N–H and O–H groups in total. The first-order valence-corrected chi connectivity index (χ1v) is 11.7. The van der Waals surface area contributed by atoms with Crippen LogP contribution in [0.5, 0.6) is 0 Å². The summed E-state index contributed by atoms with van der Waals surface area (Å²) in [5.74, 6) is -2.09. The zero-order valence-corrected chi connectivity index (χ0v) is 20.1. The number of carbonyl (C=O) groups excluding carboxylic acids is 2. The maximum Gasteiger partial charge on any atom is 0.411 e. The fourth-order valence-corrected chi connectivity index (χ4v) is 4.55. The van der Waals surface area contributed by atoms with Crippen molar-refractivity contribution in [1.29, 1.82) is 0 Å². The van der Waals surface area contributed by atoms with Gasteiger partial charge in [-0.25, -0.2) is 9.59 Å². The summed E-state index contributed by atoms with van der Waals surface area (Å²) in [5.41, 5.74) is 4.59. The van der Waals surface area contributed by atoms with Crippen LogP contribution < -0.4 is 10.6 Å². The number of aliphatic carboxylic acids is 1. The Morgan fingerprint density at radius 2 is 1.60 bits per heavy atom. The number of anilines is 1. The third kappa shape index (κ3) is 5.36. The highest BCUT2D eigenvalue weighted by molar-refractivity contribution is 9.10. The van der Waals surface area contributed by atoms with Crippen LogP contribution in [0.4, 0.5) is 10.5 Å². The van der Waals surface area contributed by atoms with Crippen molar-refractivity contribution >= 4 is 39.6 Å². The summed E-state index contributed by atoms with van der Waals surface area (Å²) in [6.07, 6.45) is -0.892. The summed E-state index contributed by atoms with van der Waals surface area (Å²) >= 11 is 3.31. The maximum atomic E-state index is 12.7. The molecule has 3 aromatic carbocycles. The number of ether oxygens (including phenoxy) is 1. The second kappa shape index (κ2) is 10.7. The van der Waals surface area contributed by atoms with E-state index in [1.807, 2.05) is 48.5 Å². The van der Waals surface area contributed by atoms with Crippen molar-refractivity contribution in [1.82, 2.24) is 5.32 Å². The van der Waals surface area contributed by atoms with Gasteiger partial charge in [0.15, 0.2) is 0 Å². The fourth-order valence-electron chi connectivity index (χ4n) is 4.18. The lowest BCUT2D eigenvalue weighted by atomic mass is 9.98. The quantitative estimate of drug-likeness (QED) is 0.337. The van der Waals surface area contributed by atoms with E-state index in [1.165, 1.54) is 12.1 Å². The van der Waals surface area contributed by atoms with Crippen LogP contribution in [0.2, 0.25) is 0 Å². The van der Waals surface area contributed by atoms with Crippen molar-refractivity contribution < 1.29 is 29.3 Å². The predicted molar refractivity (Wildman–Crippen MR) is 133 cm³/mol. The second-order valence-electron chi connectivity index (χ2n) is 8.02. The van der Waals surface area contributed by atoms with Crippen LogP contribution in [0.1, 0.15) is 33.8 Å². The molecule has 9 heteroatoms. The lowest BCUT2D eigenvalue weighted by molar-refractivity contribution is -0.139. The van der Waals surface area contributed by atoms with E-state index >= 15 is 0 Å². The van der Waals surface area contributed by atoms with Crippen LogP contribution in [-0.4, -0.2) is 47.4 Å². The van der Waals surface area contributed by atoms with Gasteiger partial charge in [-0.1, -0.05) is 64.5 Å². The third-order valence-electron chi connectivity index (χ3n) is 5.83. The van der Waals surface area contributed by atoms with Crippen molar-refractivity contribution in [3.8, 4) is 11.1 Å². The minimum Gasteiger partial charge on any atom is -0.480 e. The summed E-state index contributed by atoms with van der Waals surface area (Å²) < 4.78 is 6.16. The molecule has 0 heterocycles. The Kier molecular flexibility index (Phi) is 7.48. The van der Waals surface area contributed by atoms with Gasteiger partial charge in [0, 0.05) is 23.4 Å². The van der Waals surface area contributed by atoms with Crippen molar-refractivity contribution in [3.05, 3.63) is 87.9 Å². The molecule has 0 unspecified atom stereocenters. The molecule has 0 aromatic heterocycles. The topological polar surface area (TPSA) is 125 Å². The smallest absolute Gasteiger partial charge is 0.411 e. The number of carbonyl (C=O) groups is 3. The number of benzene rings is 3. The number of rotatable bonds is 8. The molecule has 0 radical (unpaired) electrons. The van der Waals surface area contributed by atoms with Gasteiger partial charge in [0.1, 0.15) is 12.6 Å². The molecular weight excluding hydrogens is 516 g/mol. The van der Waals surface area contributed by atoms with E-state index in [0.29, 0.717) is 4.47 Å². The number of aliphatic hydroxyl groups is 1. The molecule has 0 fully saturated rings. The Balaban J connectivity index is 1.48. The molecule has 0 spiro atoms. The number of carboxylic acids is 1. The van der Waals surface area contributed by atoms with Gasteiger partial charge < -0.3 is 20.3 Å². The van der Waals surface area contributed by atoms with Crippen molar-refractivity contribution in [2.45, 2.75) is 18.4 Å². The molecule has 35 heavy (non-hydrogen) atoms. The highest BCUT2D eigenvalue weighted by Crippen LogP contribution is 2.44. The molecule has 0 bridgehead atoms. The number of aliphatic hydroxyl groups excluding tert-OH is 1. The minimum atomic E-state index is -1.27. The number of carboxylic acid groups (broad SMARTS) is 1.